The van der Waals surface area contributed by atoms with E-state index in [-0.39, 0.29) is 11.9 Å². The molecule has 1 unspecified atom stereocenters. The number of aromatic amines is 1. The van der Waals surface area contributed by atoms with E-state index in [0.717, 1.165) is 22.9 Å². The number of H-pyrrole nitrogens is 1. The molecule has 1 aliphatic heterocycles. The van der Waals surface area contributed by atoms with Crippen molar-refractivity contribution in [2.45, 2.75) is 12.5 Å². The molecule has 3 aromatic rings. The van der Waals surface area contributed by atoms with Crippen LogP contribution in [0.4, 0.5) is 5.82 Å². The van der Waals surface area contributed by atoms with Crippen molar-refractivity contribution < 1.29 is 14.3 Å². The Morgan fingerprint density at radius 3 is 2.77 bits per heavy atom. The van der Waals surface area contributed by atoms with Crippen LogP contribution in [0.3, 0.4) is 0 Å². The number of fused-ring (bicyclic) bond motifs is 1. The van der Waals surface area contributed by atoms with Crippen LogP contribution >= 0.6 is 0 Å². The number of methoxy groups -OCH3 is 2. The van der Waals surface area contributed by atoms with Crippen LogP contribution in [0.25, 0.3) is 11.0 Å². The second-order valence-corrected chi connectivity index (χ2v) is 7.12. The number of pyridine rings is 1. The van der Waals surface area contributed by atoms with Gasteiger partial charge in [0.25, 0.3) is 0 Å². The normalized spacial score (nSPS) is 15.3. The molecule has 1 amide bonds. The van der Waals surface area contributed by atoms with Crippen molar-refractivity contribution in [3.63, 3.8) is 0 Å². The number of carbonyl (C=O) groups is 1. The van der Waals surface area contributed by atoms with Crippen molar-refractivity contribution in [1.29, 1.82) is 0 Å². The third kappa shape index (κ3) is 4.31. The number of nitrogens with zero attached hydrogens (tertiary/aromatic N) is 3. The summed E-state index contributed by atoms with van der Waals surface area (Å²) in [4.78, 5) is 18.0. The third-order valence-corrected chi connectivity index (χ3v) is 5.17. The number of likely N-dealkylation sites (tertiary alicyclic amines) is 1. The third-order valence-electron chi connectivity index (χ3n) is 5.17. The highest BCUT2D eigenvalue weighted by atomic mass is 16.5. The molecule has 31 heavy (non-hydrogen) atoms. The minimum Gasteiger partial charge on any atom is -0.497 e. The number of amides is 1. The number of rotatable bonds is 5. The maximum Gasteiger partial charge on any atom is 0.246 e. The van der Waals surface area contributed by atoms with Crippen molar-refractivity contribution in [3.05, 3.63) is 54.2 Å². The van der Waals surface area contributed by atoms with Gasteiger partial charge in [0.05, 0.1) is 19.6 Å². The number of hydrogen-bond donors (Lipinski definition) is 2. The standard InChI is InChI=1S/C23H23N5O3/c1-4-20(29)28-10-8-17(14-28)25-23-21-16(7-9-24-22(21)26-27-23)6-5-15-11-18(30-2)13-19(12-15)31-3/h4,7,9,11-13,17H,1,8,10,14H2,2-3H3,(H2,24,25,26,27). The van der Waals surface area contributed by atoms with Gasteiger partial charge in [-0.2, -0.15) is 5.10 Å². The molecule has 158 valence electrons. The summed E-state index contributed by atoms with van der Waals surface area (Å²) in [5.41, 5.74) is 2.21. The molecule has 8 heteroatoms. The Morgan fingerprint density at radius 1 is 1.29 bits per heavy atom. The van der Waals surface area contributed by atoms with Gasteiger partial charge in [0.15, 0.2) is 11.5 Å². The van der Waals surface area contributed by atoms with Gasteiger partial charge in [-0.3, -0.25) is 9.89 Å². The Kier molecular flexibility index (Phi) is 5.76. The lowest BCUT2D eigenvalue weighted by Crippen LogP contribution is -2.30. The van der Waals surface area contributed by atoms with E-state index in [0.29, 0.717) is 36.1 Å². The topological polar surface area (TPSA) is 92.4 Å². The Balaban J connectivity index is 1.63. The predicted octanol–water partition coefficient (Wildman–Crippen LogP) is 2.57. The molecule has 4 rings (SSSR count). The lowest BCUT2D eigenvalue weighted by atomic mass is 10.1. The fourth-order valence-corrected chi connectivity index (χ4v) is 3.58. The largest absolute Gasteiger partial charge is 0.497 e. The Labute approximate surface area is 180 Å². The van der Waals surface area contributed by atoms with E-state index in [2.05, 4.69) is 38.9 Å². The molecule has 0 bridgehead atoms. The lowest BCUT2D eigenvalue weighted by Gasteiger charge is -2.15. The molecule has 1 atom stereocenters. The number of ether oxygens (including phenoxy) is 2. The molecular formula is C23H23N5O3. The molecule has 0 spiro atoms. The monoisotopic (exact) mass is 417 g/mol. The van der Waals surface area contributed by atoms with Gasteiger partial charge >= 0.3 is 0 Å². The van der Waals surface area contributed by atoms with Crippen molar-refractivity contribution in [3.8, 4) is 23.3 Å². The zero-order chi connectivity index (χ0) is 21.8. The molecular weight excluding hydrogens is 394 g/mol. The highest BCUT2D eigenvalue weighted by molar-refractivity contribution is 5.93. The van der Waals surface area contributed by atoms with Gasteiger partial charge in [-0.05, 0) is 30.7 Å². The van der Waals surface area contributed by atoms with Gasteiger partial charge in [0.1, 0.15) is 11.5 Å². The summed E-state index contributed by atoms with van der Waals surface area (Å²) in [6.07, 6.45) is 3.87. The number of carbonyl (C=O) groups excluding carboxylic acids is 1. The van der Waals surface area contributed by atoms with Gasteiger partial charge in [0.2, 0.25) is 5.91 Å². The first-order chi connectivity index (χ1) is 15.1. The molecule has 1 aliphatic rings. The quantitative estimate of drug-likeness (QED) is 0.490. The van der Waals surface area contributed by atoms with Crippen molar-refractivity contribution in [1.82, 2.24) is 20.1 Å². The molecule has 1 saturated heterocycles. The van der Waals surface area contributed by atoms with Gasteiger partial charge in [0, 0.05) is 42.5 Å². The number of aromatic nitrogens is 3. The summed E-state index contributed by atoms with van der Waals surface area (Å²) in [6.45, 7) is 4.85. The highest BCUT2D eigenvalue weighted by Gasteiger charge is 2.26. The zero-order valence-electron chi connectivity index (χ0n) is 17.4. The lowest BCUT2D eigenvalue weighted by molar-refractivity contribution is -0.125. The Bertz CT molecular complexity index is 1170. The summed E-state index contributed by atoms with van der Waals surface area (Å²) < 4.78 is 10.6. The Hall–Kier alpha value is -3.99. The van der Waals surface area contributed by atoms with E-state index >= 15 is 0 Å². The number of anilines is 1. The van der Waals surface area contributed by atoms with E-state index in [9.17, 15) is 4.79 Å². The van der Waals surface area contributed by atoms with Crippen molar-refractivity contribution in [2.24, 2.45) is 0 Å². The second kappa shape index (κ2) is 8.79. The second-order valence-electron chi connectivity index (χ2n) is 7.12. The van der Waals surface area contributed by atoms with Crippen LogP contribution in [0, 0.1) is 11.8 Å². The summed E-state index contributed by atoms with van der Waals surface area (Å²) in [7, 11) is 3.21. The summed E-state index contributed by atoms with van der Waals surface area (Å²) in [5, 5.41) is 11.6. The summed E-state index contributed by atoms with van der Waals surface area (Å²) in [5.74, 6) is 8.35. The van der Waals surface area contributed by atoms with Crippen LogP contribution in [-0.2, 0) is 4.79 Å². The fourth-order valence-electron chi connectivity index (χ4n) is 3.58. The van der Waals surface area contributed by atoms with E-state index in [1.54, 1.807) is 31.4 Å². The molecule has 0 aliphatic carbocycles. The molecule has 0 radical (unpaired) electrons. The van der Waals surface area contributed by atoms with Crippen LogP contribution in [-0.4, -0.2) is 59.3 Å². The molecule has 1 fully saturated rings. The number of hydrogen-bond acceptors (Lipinski definition) is 6. The molecule has 2 N–H and O–H groups in total. The van der Waals surface area contributed by atoms with E-state index in [1.165, 1.54) is 6.08 Å². The van der Waals surface area contributed by atoms with Crippen LogP contribution in [0.1, 0.15) is 17.5 Å². The van der Waals surface area contributed by atoms with E-state index < -0.39 is 0 Å². The average Bonchev–Trinajstić information content (AvgIpc) is 3.44. The first-order valence-electron chi connectivity index (χ1n) is 9.87. The average molecular weight is 417 g/mol. The van der Waals surface area contributed by atoms with Gasteiger partial charge in [-0.15, -0.1) is 0 Å². The van der Waals surface area contributed by atoms with Crippen LogP contribution in [0.15, 0.2) is 43.1 Å². The predicted molar refractivity (Wildman–Crippen MR) is 118 cm³/mol. The van der Waals surface area contributed by atoms with Crippen LogP contribution < -0.4 is 14.8 Å². The Morgan fingerprint density at radius 2 is 2.06 bits per heavy atom. The summed E-state index contributed by atoms with van der Waals surface area (Å²) >= 11 is 0. The van der Waals surface area contributed by atoms with Gasteiger partial charge < -0.3 is 19.7 Å². The zero-order valence-corrected chi connectivity index (χ0v) is 17.4. The molecule has 1 aromatic carbocycles. The SMILES string of the molecule is C=CC(=O)N1CCC(Nc2n[nH]c3nccc(C#Cc4cc(OC)cc(OC)c4)c23)C1. The maximum atomic E-state index is 11.9. The van der Waals surface area contributed by atoms with Crippen molar-refractivity contribution in [2.75, 3.05) is 32.6 Å². The first-order valence-corrected chi connectivity index (χ1v) is 9.87. The fraction of sp³-hybridized carbons (Fsp3) is 0.261. The number of nitrogens with one attached hydrogen (secondary N) is 2. The van der Waals surface area contributed by atoms with E-state index in [1.807, 2.05) is 18.2 Å². The first kappa shape index (κ1) is 20.3. The minimum atomic E-state index is -0.0573. The minimum absolute atomic E-state index is 0.0573. The van der Waals surface area contributed by atoms with Gasteiger partial charge in [-0.1, -0.05) is 18.4 Å². The molecule has 0 saturated carbocycles. The number of benzene rings is 1. The van der Waals surface area contributed by atoms with Crippen molar-refractivity contribution >= 4 is 22.8 Å². The summed E-state index contributed by atoms with van der Waals surface area (Å²) in [6, 6.07) is 7.46. The molecule has 3 heterocycles. The van der Waals surface area contributed by atoms with E-state index in [4.69, 9.17) is 9.47 Å². The highest BCUT2D eigenvalue weighted by Crippen LogP contribution is 2.26. The van der Waals surface area contributed by atoms with Crippen LogP contribution in [0.2, 0.25) is 0 Å². The maximum absolute atomic E-state index is 11.9. The smallest absolute Gasteiger partial charge is 0.246 e. The molecule has 8 nitrogen and oxygen atoms in total. The van der Waals surface area contributed by atoms with Crippen LogP contribution in [0.5, 0.6) is 11.5 Å². The molecule has 2 aromatic heterocycles. The van der Waals surface area contributed by atoms with Gasteiger partial charge in [-0.25, -0.2) is 4.98 Å².